The maximum Gasteiger partial charge on any atom is 0.241 e. The lowest BCUT2D eigenvalue weighted by molar-refractivity contribution is -0.117. The van der Waals surface area contributed by atoms with E-state index < -0.39 is 22.0 Å². The van der Waals surface area contributed by atoms with Gasteiger partial charge in [-0.2, -0.15) is 0 Å². The molecule has 0 unspecified atom stereocenters. The van der Waals surface area contributed by atoms with E-state index in [2.05, 4.69) is 5.32 Å². The van der Waals surface area contributed by atoms with E-state index >= 15 is 0 Å². The molecule has 18 heavy (non-hydrogen) atoms. The highest BCUT2D eigenvalue weighted by atomic mass is 35.5. The molecular weight excluding hydrogens is 278 g/mol. The van der Waals surface area contributed by atoms with Gasteiger partial charge in [0, 0.05) is 0 Å². The Balaban J connectivity index is 3.06. The number of hydrogen-bond donors (Lipinski definition) is 3. The summed E-state index contributed by atoms with van der Waals surface area (Å²) >= 11 is 5.85. The number of amides is 1. The zero-order valence-corrected chi connectivity index (χ0v) is 11.3. The Kier molecular flexibility index (Phi) is 4.69. The summed E-state index contributed by atoms with van der Waals surface area (Å²) in [5.41, 5.74) is 5.70. The summed E-state index contributed by atoms with van der Waals surface area (Å²) < 4.78 is 22.3. The van der Waals surface area contributed by atoms with Crippen LogP contribution in [0.5, 0.6) is 0 Å². The van der Waals surface area contributed by atoms with E-state index in [9.17, 15) is 13.2 Å². The molecule has 0 heterocycles. The Morgan fingerprint density at radius 1 is 1.50 bits per heavy atom. The average molecular weight is 292 g/mol. The van der Waals surface area contributed by atoms with Crippen LogP contribution in [0, 0.1) is 0 Å². The Hall–Kier alpha value is -1.15. The van der Waals surface area contributed by atoms with E-state index in [1.165, 1.54) is 18.2 Å². The first-order valence-corrected chi connectivity index (χ1v) is 7.07. The molecule has 5 N–H and O–H groups in total. The normalized spacial score (nSPS) is 13.1. The van der Waals surface area contributed by atoms with E-state index in [0.717, 1.165) is 0 Å². The molecule has 0 aliphatic carbocycles. The van der Waals surface area contributed by atoms with Crippen molar-refractivity contribution in [1.82, 2.24) is 0 Å². The van der Waals surface area contributed by atoms with Gasteiger partial charge >= 0.3 is 0 Å². The Bertz CT molecular complexity index is 559. The summed E-state index contributed by atoms with van der Waals surface area (Å²) in [6, 6.07) is 3.11. The van der Waals surface area contributed by atoms with Crippen molar-refractivity contribution in [3.8, 4) is 0 Å². The highest BCUT2D eigenvalue weighted by Crippen LogP contribution is 2.24. The van der Waals surface area contributed by atoms with Crippen LogP contribution in [0.15, 0.2) is 23.1 Å². The minimum atomic E-state index is -3.84. The van der Waals surface area contributed by atoms with Gasteiger partial charge in [-0.15, -0.1) is 0 Å². The molecule has 0 aliphatic rings. The van der Waals surface area contributed by atoms with Crippen LogP contribution in [-0.2, 0) is 14.8 Å². The molecule has 0 aromatic heterocycles. The Labute approximate surface area is 110 Å². The van der Waals surface area contributed by atoms with Crippen molar-refractivity contribution >= 4 is 33.2 Å². The van der Waals surface area contributed by atoms with Crippen LogP contribution in [-0.4, -0.2) is 20.4 Å². The Morgan fingerprint density at radius 3 is 2.61 bits per heavy atom. The van der Waals surface area contributed by atoms with Gasteiger partial charge in [-0.25, -0.2) is 13.6 Å². The van der Waals surface area contributed by atoms with E-state index in [1.807, 2.05) is 0 Å². The molecule has 100 valence electrons. The fourth-order valence-corrected chi connectivity index (χ4v) is 1.89. The molecule has 8 heteroatoms. The highest BCUT2D eigenvalue weighted by Gasteiger charge is 2.15. The lowest BCUT2D eigenvalue weighted by atomic mass is 10.2. The summed E-state index contributed by atoms with van der Waals surface area (Å²) in [4.78, 5) is 11.4. The minimum Gasteiger partial charge on any atom is -0.323 e. The lowest BCUT2D eigenvalue weighted by Gasteiger charge is -2.12. The number of carbonyl (C=O) groups excluding carboxylic acids is 1. The number of hydrogen-bond acceptors (Lipinski definition) is 4. The number of halogens is 1. The number of rotatable bonds is 4. The standard InChI is InChI=1S/C10H14ClN3O3S/c1-2-8(12)10(15)14-9-5-6(18(13,16)17)3-4-7(9)11/h3-5,8H,2,12H2,1H3,(H,14,15)(H2,13,16,17)/t8-/m0/s1. The number of nitrogens with two attached hydrogens (primary N) is 2. The molecular formula is C10H14ClN3O3S. The van der Waals surface area contributed by atoms with Crippen molar-refractivity contribution in [3.63, 3.8) is 0 Å². The zero-order chi connectivity index (χ0) is 13.9. The van der Waals surface area contributed by atoms with Gasteiger partial charge in [-0.05, 0) is 24.6 Å². The van der Waals surface area contributed by atoms with Crippen molar-refractivity contribution in [2.45, 2.75) is 24.3 Å². The van der Waals surface area contributed by atoms with Gasteiger partial charge in [0.05, 0.1) is 21.6 Å². The summed E-state index contributed by atoms with van der Waals surface area (Å²) in [6.45, 7) is 1.76. The molecule has 0 fully saturated rings. The minimum absolute atomic E-state index is 0.132. The molecule has 0 bridgehead atoms. The van der Waals surface area contributed by atoms with Gasteiger partial charge in [-0.1, -0.05) is 18.5 Å². The lowest BCUT2D eigenvalue weighted by Crippen LogP contribution is -2.34. The van der Waals surface area contributed by atoms with Crippen molar-refractivity contribution in [2.75, 3.05) is 5.32 Å². The summed E-state index contributed by atoms with van der Waals surface area (Å²) in [7, 11) is -3.84. The Morgan fingerprint density at radius 2 is 2.11 bits per heavy atom. The van der Waals surface area contributed by atoms with Crippen LogP contribution in [0.2, 0.25) is 5.02 Å². The number of benzene rings is 1. The highest BCUT2D eigenvalue weighted by molar-refractivity contribution is 7.89. The SMILES string of the molecule is CC[C@H](N)C(=O)Nc1cc(S(N)(=O)=O)ccc1Cl. The van der Waals surface area contributed by atoms with Crippen LogP contribution in [0.25, 0.3) is 0 Å². The van der Waals surface area contributed by atoms with Crippen molar-refractivity contribution in [2.24, 2.45) is 10.9 Å². The number of carbonyl (C=O) groups is 1. The van der Waals surface area contributed by atoms with Crippen LogP contribution in [0.3, 0.4) is 0 Å². The number of primary sulfonamides is 1. The second-order valence-corrected chi connectivity index (χ2v) is 5.66. The van der Waals surface area contributed by atoms with E-state index in [0.29, 0.717) is 6.42 Å². The summed E-state index contributed by atoms with van der Waals surface area (Å²) in [5, 5.41) is 7.65. The van der Waals surface area contributed by atoms with Crippen LogP contribution < -0.4 is 16.2 Å². The third-order valence-electron chi connectivity index (χ3n) is 2.30. The van der Waals surface area contributed by atoms with Crippen molar-refractivity contribution in [1.29, 1.82) is 0 Å². The molecule has 1 atom stereocenters. The predicted octanol–water partition coefficient (Wildman–Crippen LogP) is 0.663. The molecule has 0 saturated heterocycles. The number of sulfonamides is 1. The van der Waals surface area contributed by atoms with Gasteiger partial charge in [0.1, 0.15) is 0 Å². The second kappa shape index (κ2) is 5.66. The average Bonchev–Trinajstić information content (AvgIpc) is 2.29. The summed E-state index contributed by atoms with van der Waals surface area (Å²) in [6.07, 6.45) is 0.457. The van der Waals surface area contributed by atoms with E-state index in [-0.39, 0.29) is 15.6 Å². The monoisotopic (exact) mass is 291 g/mol. The van der Waals surface area contributed by atoms with Crippen LogP contribution in [0.4, 0.5) is 5.69 Å². The van der Waals surface area contributed by atoms with Gasteiger partial charge in [0.25, 0.3) is 0 Å². The van der Waals surface area contributed by atoms with Crippen molar-refractivity contribution < 1.29 is 13.2 Å². The van der Waals surface area contributed by atoms with E-state index in [1.54, 1.807) is 6.92 Å². The first kappa shape index (κ1) is 14.9. The van der Waals surface area contributed by atoms with E-state index in [4.69, 9.17) is 22.5 Å². The molecule has 0 saturated carbocycles. The number of anilines is 1. The first-order valence-electron chi connectivity index (χ1n) is 5.14. The fourth-order valence-electron chi connectivity index (χ4n) is 1.19. The molecule has 1 aromatic carbocycles. The first-order chi connectivity index (χ1) is 8.25. The molecule has 0 spiro atoms. The van der Waals surface area contributed by atoms with Crippen LogP contribution in [0.1, 0.15) is 13.3 Å². The largest absolute Gasteiger partial charge is 0.323 e. The van der Waals surface area contributed by atoms with Gasteiger partial charge < -0.3 is 11.1 Å². The molecule has 6 nitrogen and oxygen atoms in total. The third kappa shape index (κ3) is 3.67. The molecule has 0 aliphatic heterocycles. The number of nitrogens with one attached hydrogen (secondary N) is 1. The quantitative estimate of drug-likeness (QED) is 0.756. The maximum atomic E-state index is 11.6. The van der Waals surface area contributed by atoms with Gasteiger partial charge in [0.15, 0.2) is 0 Å². The van der Waals surface area contributed by atoms with Crippen molar-refractivity contribution in [3.05, 3.63) is 23.2 Å². The predicted molar refractivity (Wildman–Crippen MR) is 69.7 cm³/mol. The maximum absolute atomic E-state index is 11.6. The van der Waals surface area contributed by atoms with Crippen LogP contribution >= 0.6 is 11.6 Å². The second-order valence-electron chi connectivity index (χ2n) is 3.69. The molecule has 1 amide bonds. The molecule has 0 radical (unpaired) electrons. The molecule has 1 aromatic rings. The zero-order valence-electron chi connectivity index (χ0n) is 9.68. The fraction of sp³-hybridized carbons (Fsp3) is 0.300. The third-order valence-corrected chi connectivity index (χ3v) is 3.54. The molecule has 1 rings (SSSR count). The van der Waals surface area contributed by atoms with Gasteiger partial charge in [-0.3, -0.25) is 4.79 Å². The summed E-state index contributed by atoms with van der Waals surface area (Å²) in [5.74, 6) is -0.439. The smallest absolute Gasteiger partial charge is 0.241 e. The topological polar surface area (TPSA) is 115 Å². The van der Waals surface area contributed by atoms with Gasteiger partial charge in [0.2, 0.25) is 15.9 Å².